The monoisotopic (exact) mass is 259 g/mol. The Bertz CT molecular complexity index is 907. The first kappa shape index (κ1) is 11.2. The Morgan fingerprint density at radius 2 is 1.65 bits per heavy atom. The number of aryl methyl sites for hydroxylation is 1. The standard InChI is InChI=1S/C17H13N3/c1-12-15-10-6-5-9-14(15)11-20-17(12)18-16(19-20)13-7-3-2-4-8-13/h2-11H,1H3. The van der Waals surface area contributed by atoms with Crippen molar-refractivity contribution in [3.63, 3.8) is 0 Å². The summed E-state index contributed by atoms with van der Waals surface area (Å²) in [4.78, 5) is 4.68. The SMILES string of the molecule is Cc1c2ccccc2cn2nc(-c3ccccc3)nc12. The van der Waals surface area contributed by atoms with E-state index in [4.69, 9.17) is 0 Å². The Labute approximate surface area is 116 Å². The molecule has 0 fully saturated rings. The van der Waals surface area contributed by atoms with E-state index in [0.717, 1.165) is 22.6 Å². The van der Waals surface area contributed by atoms with Crippen molar-refractivity contribution in [2.45, 2.75) is 6.92 Å². The quantitative estimate of drug-likeness (QED) is 0.519. The van der Waals surface area contributed by atoms with E-state index in [1.807, 2.05) is 47.1 Å². The van der Waals surface area contributed by atoms with E-state index in [9.17, 15) is 0 Å². The van der Waals surface area contributed by atoms with Crippen LogP contribution in [-0.4, -0.2) is 14.6 Å². The normalized spacial score (nSPS) is 11.2. The second kappa shape index (κ2) is 4.17. The van der Waals surface area contributed by atoms with Gasteiger partial charge in [0.15, 0.2) is 11.5 Å². The molecule has 0 unspecified atom stereocenters. The number of benzene rings is 2. The summed E-state index contributed by atoms with van der Waals surface area (Å²) < 4.78 is 1.88. The van der Waals surface area contributed by atoms with Gasteiger partial charge in [-0.05, 0) is 12.3 Å². The zero-order valence-electron chi connectivity index (χ0n) is 11.1. The molecule has 0 saturated carbocycles. The molecule has 0 N–H and O–H groups in total. The van der Waals surface area contributed by atoms with E-state index in [1.165, 1.54) is 10.8 Å². The minimum atomic E-state index is 0.768. The second-order valence-corrected chi connectivity index (χ2v) is 4.91. The van der Waals surface area contributed by atoms with Crippen molar-refractivity contribution in [2.24, 2.45) is 0 Å². The molecule has 96 valence electrons. The lowest BCUT2D eigenvalue weighted by Crippen LogP contribution is -1.91. The molecular weight excluding hydrogens is 246 g/mol. The number of hydrogen-bond acceptors (Lipinski definition) is 2. The lowest BCUT2D eigenvalue weighted by molar-refractivity contribution is 0.970. The molecule has 3 nitrogen and oxygen atoms in total. The van der Waals surface area contributed by atoms with E-state index in [1.54, 1.807) is 0 Å². The molecule has 20 heavy (non-hydrogen) atoms. The van der Waals surface area contributed by atoms with Crippen molar-refractivity contribution in [1.29, 1.82) is 0 Å². The molecule has 2 heterocycles. The maximum Gasteiger partial charge on any atom is 0.182 e. The van der Waals surface area contributed by atoms with Gasteiger partial charge in [-0.25, -0.2) is 9.50 Å². The maximum absolute atomic E-state index is 4.68. The van der Waals surface area contributed by atoms with E-state index in [-0.39, 0.29) is 0 Å². The highest BCUT2D eigenvalue weighted by atomic mass is 15.3. The zero-order valence-corrected chi connectivity index (χ0v) is 11.1. The lowest BCUT2D eigenvalue weighted by Gasteiger charge is -2.02. The lowest BCUT2D eigenvalue weighted by atomic mass is 10.1. The van der Waals surface area contributed by atoms with Gasteiger partial charge in [-0.1, -0.05) is 54.6 Å². The van der Waals surface area contributed by atoms with E-state index in [2.05, 4.69) is 35.2 Å². The van der Waals surface area contributed by atoms with E-state index < -0.39 is 0 Å². The van der Waals surface area contributed by atoms with E-state index >= 15 is 0 Å². The summed E-state index contributed by atoms with van der Waals surface area (Å²) in [7, 11) is 0. The van der Waals surface area contributed by atoms with Gasteiger partial charge in [0, 0.05) is 22.7 Å². The summed E-state index contributed by atoms with van der Waals surface area (Å²) in [6.07, 6.45) is 2.04. The Balaban J connectivity index is 2.04. The predicted molar refractivity (Wildman–Crippen MR) is 80.7 cm³/mol. The van der Waals surface area contributed by atoms with Crippen LogP contribution in [0.3, 0.4) is 0 Å². The highest BCUT2D eigenvalue weighted by Crippen LogP contribution is 2.23. The molecule has 4 rings (SSSR count). The fourth-order valence-corrected chi connectivity index (χ4v) is 2.58. The minimum absolute atomic E-state index is 0.768. The van der Waals surface area contributed by atoms with Crippen molar-refractivity contribution < 1.29 is 0 Å². The molecule has 0 atom stereocenters. The average Bonchev–Trinajstić information content (AvgIpc) is 2.93. The summed E-state index contributed by atoms with van der Waals surface area (Å²) in [5, 5.41) is 7.01. The van der Waals surface area contributed by atoms with Gasteiger partial charge in [0.05, 0.1) is 0 Å². The van der Waals surface area contributed by atoms with Crippen LogP contribution in [0.5, 0.6) is 0 Å². The van der Waals surface area contributed by atoms with Crippen molar-refractivity contribution in [3.05, 3.63) is 66.4 Å². The summed E-state index contributed by atoms with van der Waals surface area (Å²) in [5.41, 5.74) is 3.12. The third-order valence-corrected chi connectivity index (χ3v) is 3.62. The third-order valence-electron chi connectivity index (χ3n) is 3.62. The molecule has 0 aliphatic rings. The van der Waals surface area contributed by atoms with Crippen LogP contribution in [0.1, 0.15) is 5.56 Å². The Kier molecular flexibility index (Phi) is 2.33. The first-order valence-corrected chi connectivity index (χ1v) is 6.63. The molecule has 2 aromatic carbocycles. The maximum atomic E-state index is 4.68. The van der Waals surface area contributed by atoms with Crippen molar-refractivity contribution >= 4 is 16.4 Å². The number of aromatic nitrogens is 3. The Hall–Kier alpha value is -2.68. The number of fused-ring (bicyclic) bond motifs is 2. The summed E-state index contributed by atoms with van der Waals surface area (Å²) in [6, 6.07) is 18.4. The fraction of sp³-hybridized carbons (Fsp3) is 0.0588. The van der Waals surface area contributed by atoms with Gasteiger partial charge in [0.2, 0.25) is 0 Å². The highest BCUT2D eigenvalue weighted by Gasteiger charge is 2.10. The van der Waals surface area contributed by atoms with Crippen LogP contribution >= 0.6 is 0 Å². The van der Waals surface area contributed by atoms with Crippen LogP contribution in [0.2, 0.25) is 0 Å². The largest absolute Gasteiger partial charge is 0.220 e. The number of rotatable bonds is 1. The van der Waals surface area contributed by atoms with E-state index in [0.29, 0.717) is 0 Å². The van der Waals surface area contributed by atoms with Crippen molar-refractivity contribution in [2.75, 3.05) is 0 Å². The smallest absolute Gasteiger partial charge is 0.182 e. The summed E-state index contributed by atoms with van der Waals surface area (Å²) >= 11 is 0. The first-order chi connectivity index (χ1) is 9.83. The minimum Gasteiger partial charge on any atom is -0.220 e. The molecular formula is C17H13N3. The predicted octanol–water partition coefficient (Wildman–Crippen LogP) is 3.86. The topological polar surface area (TPSA) is 30.2 Å². The molecule has 2 aromatic heterocycles. The van der Waals surface area contributed by atoms with Crippen LogP contribution in [0, 0.1) is 6.92 Å². The van der Waals surface area contributed by atoms with Gasteiger partial charge in [-0.2, -0.15) is 0 Å². The van der Waals surface area contributed by atoms with Crippen LogP contribution in [0.25, 0.3) is 27.8 Å². The first-order valence-electron chi connectivity index (χ1n) is 6.63. The van der Waals surface area contributed by atoms with Crippen LogP contribution < -0.4 is 0 Å². The molecule has 0 aliphatic heterocycles. The Morgan fingerprint density at radius 1 is 0.900 bits per heavy atom. The van der Waals surface area contributed by atoms with Gasteiger partial charge >= 0.3 is 0 Å². The van der Waals surface area contributed by atoms with Crippen LogP contribution in [0.15, 0.2) is 60.8 Å². The molecule has 0 aliphatic carbocycles. The molecule has 0 spiro atoms. The highest BCUT2D eigenvalue weighted by molar-refractivity contribution is 5.89. The number of nitrogens with zero attached hydrogens (tertiary/aromatic N) is 3. The van der Waals surface area contributed by atoms with Gasteiger partial charge in [-0.15, -0.1) is 5.10 Å². The van der Waals surface area contributed by atoms with Gasteiger partial charge in [0.1, 0.15) is 0 Å². The van der Waals surface area contributed by atoms with Crippen molar-refractivity contribution in [1.82, 2.24) is 14.6 Å². The summed E-state index contributed by atoms with van der Waals surface area (Å²) in [5.74, 6) is 0.768. The molecule has 0 saturated heterocycles. The molecule has 0 radical (unpaired) electrons. The zero-order chi connectivity index (χ0) is 13.5. The Morgan fingerprint density at radius 3 is 2.50 bits per heavy atom. The second-order valence-electron chi connectivity index (χ2n) is 4.91. The van der Waals surface area contributed by atoms with Gasteiger partial charge in [0.25, 0.3) is 0 Å². The fourth-order valence-electron chi connectivity index (χ4n) is 2.58. The third kappa shape index (κ3) is 1.60. The van der Waals surface area contributed by atoms with Crippen molar-refractivity contribution in [3.8, 4) is 11.4 Å². The number of hydrogen-bond donors (Lipinski definition) is 0. The number of pyridine rings is 1. The molecule has 0 bridgehead atoms. The molecule has 4 aromatic rings. The van der Waals surface area contributed by atoms with Gasteiger partial charge < -0.3 is 0 Å². The molecule has 3 heteroatoms. The summed E-state index contributed by atoms with van der Waals surface area (Å²) in [6.45, 7) is 2.10. The van der Waals surface area contributed by atoms with Gasteiger partial charge in [-0.3, -0.25) is 0 Å². The molecule has 0 amide bonds. The van der Waals surface area contributed by atoms with Crippen LogP contribution in [-0.2, 0) is 0 Å². The average molecular weight is 259 g/mol. The van der Waals surface area contributed by atoms with Crippen LogP contribution in [0.4, 0.5) is 0 Å².